The van der Waals surface area contributed by atoms with Crippen LogP contribution in [0.4, 0.5) is 5.69 Å². The predicted octanol–water partition coefficient (Wildman–Crippen LogP) is 2.97. The Labute approximate surface area is 112 Å². The van der Waals surface area contributed by atoms with Crippen LogP contribution in [0.15, 0.2) is 18.2 Å². The number of hydrogen-bond acceptors (Lipinski definition) is 4. The normalized spacial score (nSPS) is 10.6. The van der Waals surface area contributed by atoms with Crippen molar-refractivity contribution in [3.8, 4) is 6.07 Å². The number of anilines is 1. The molecule has 1 rings (SSSR count). The summed E-state index contributed by atoms with van der Waals surface area (Å²) >= 11 is 5.87. The number of benzene rings is 1. The highest BCUT2D eigenvalue weighted by molar-refractivity contribution is 6.32. The second kappa shape index (κ2) is 5.74. The molecule has 0 heterocycles. The molecular formula is C13H15ClN2O2. The lowest BCUT2D eigenvalue weighted by Crippen LogP contribution is -2.28. The monoisotopic (exact) mass is 266 g/mol. The minimum atomic E-state index is -0.499. The molecule has 1 aromatic rings. The molecule has 0 saturated heterocycles. The van der Waals surface area contributed by atoms with Crippen LogP contribution in [-0.2, 0) is 9.53 Å². The number of carbonyl (C=O) groups is 1. The van der Waals surface area contributed by atoms with Gasteiger partial charge in [-0.2, -0.15) is 5.26 Å². The van der Waals surface area contributed by atoms with Crippen LogP contribution in [0.5, 0.6) is 0 Å². The Kier molecular flexibility index (Phi) is 4.57. The highest BCUT2D eigenvalue weighted by atomic mass is 35.5. The molecule has 0 atom stereocenters. The number of carbonyl (C=O) groups excluding carboxylic acids is 1. The van der Waals surface area contributed by atoms with Crippen molar-refractivity contribution < 1.29 is 9.53 Å². The van der Waals surface area contributed by atoms with E-state index >= 15 is 0 Å². The van der Waals surface area contributed by atoms with Crippen LogP contribution in [0.3, 0.4) is 0 Å². The van der Waals surface area contributed by atoms with Crippen LogP contribution in [0.25, 0.3) is 0 Å². The summed E-state index contributed by atoms with van der Waals surface area (Å²) < 4.78 is 5.15. The Morgan fingerprint density at radius 3 is 2.67 bits per heavy atom. The fourth-order valence-corrected chi connectivity index (χ4v) is 1.49. The largest absolute Gasteiger partial charge is 0.459 e. The fourth-order valence-electron chi connectivity index (χ4n) is 1.27. The van der Waals surface area contributed by atoms with Crippen LogP contribution in [0.2, 0.25) is 5.02 Å². The van der Waals surface area contributed by atoms with Crippen molar-refractivity contribution in [3.63, 3.8) is 0 Å². The smallest absolute Gasteiger partial charge is 0.325 e. The number of esters is 1. The van der Waals surface area contributed by atoms with Crippen molar-refractivity contribution >= 4 is 23.3 Å². The van der Waals surface area contributed by atoms with Gasteiger partial charge in [0, 0.05) is 5.69 Å². The molecule has 0 fully saturated rings. The van der Waals surface area contributed by atoms with Crippen LogP contribution in [0, 0.1) is 11.3 Å². The molecule has 0 amide bonds. The lowest BCUT2D eigenvalue weighted by Gasteiger charge is -2.19. The minimum absolute atomic E-state index is 0.0551. The summed E-state index contributed by atoms with van der Waals surface area (Å²) in [4.78, 5) is 11.5. The highest BCUT2D eigenvalue weighted by Gasteiger charge is 2.15. The third-order valence-electron chi connectivity index (χ3n) is 1.95. The molecule has 0 aliphatic heterocycles. The molecule has 0 radical (unpaired) electrons. The molecule has 1 aromatic carbocycles. The molecule has 0 bridgehead atoms. The van der Waals surface area contributed by atoms with Crippen LogP contribution in [-0.4, -0.2) is 18.1 Å². The van der Waals surface area contributed by atoms with Gasteiger partial charge in [0.1, 0.15) is 18.2 Å². The molecule has 0 spiro atoms. The average Bonchev–Trinajstić information content (AvgIpc) is 2.24. The standard InChI is InChI=1S/C13H15ClN2O2/c1-13(2,3)18-12(17)8-16-10-5-4-9(7-15)11(14)6-10/h4-6,16H,8H2,1-3H3. The Morgan fingerprint density at radius 2 is 2.17 bits per heavy atom. The maximum atomic E-state index is 11.5. The summed E-state index contributed by atoms with van der Waals surface area (Å²) in [6.45, 7) is 5.48. The van der Waals surface area contributed by atoms with Gasteiger partial charge in [-0.25, -0.2) is 0 Å². The molecule has 0 saturated carbocycles. The van der Waals surface area contributed by atoms with Gasteiger partial charge in [-0.3, -0.25) is 4.79 Å². The van der Waals surface area contributed by atoms with Gasteiger partial charge >= 0.3 is 5.97 Å². The Morgan fingerprint density at radius 1 is 1.50 bits per heavy atom. The summed E-state index contributed by atoms with van der Waals surface area (Å²) in [7, 11) is 0. The van der Waals surface area contributed by atoms with E-state index in [9.17, 15) is 4.79 Å². The van der Waals surface area contributed by atoms with Gasteiger partial charge in [-0.15, -0.1) is 0 Å². The van der Waals surface area contributed by atoms with E-state index in [1.54, 1.807) is 18.2 Å². The van der Waals surface area contributed by atoms with Gasteiger partial charge in [-0.05, 0) is 39.0 Å². The van der Waals surface area contributed by atoms with Crippen LogP contribution in [0.1, 0.15) is 26.3 Å². The number of ether oxygens (including phenoxy) is 1. The summed E-state index contributed by atoms with van der Waals surface area (Å²) in [5.74, 6) is -0.344. The maximum absolute atomic E-state index is 11.5. The molecule has 5 heteroatoms. The topological polar surface area (TPSA) is 62.1 Å². The number of nitrogens with one attached hydrogen (secondary N) is 1. The first kappa shape index (κ1) is 14.3. The van der Waals surface area contributed by atoms with Crippen molar-refractivity contribution in [1.82, 2.24) is 0 Å². The first-order chi connectivity index (χ1) is 8.31. The lowest BCUT2D eigenvalue weighted by molar-refractivity contribution is -0.152. The zero-order chi connectivity index (χ0) is 13.8. The molecule has 0 unspecified atom stereocenters. The SMILES string of the molecule is CC(C)(C)OC(=O)CNc1ccc(C#N)c(Cl)c1. The molecular weight excluding hydrogens is 252 g/mol. The summed E-state index contributed by atoms with van der Waals surface area (Å²) in [5, 5.41) is 12.0. The molecule has 0 aliphatic carbocycles. The zero-order valence-electron chi connectivity index (χ0n) is 10.6. The van der Waals surface area contributed by atoms with E-state index in [0.717, 1.165) is 0 Å². The molecule has 1 N–H and O–H groups in total. The zero-order valence-corrected chi connectivity index (χ0v) is 11.3. The van der Waals surface area contributed by atoms with E-state index in [-0.39, 0.29) is 12.5 Å². The van der Waals surface area contributed by atoms with Crippen LogP contribution >= 0.6 is 11.6 Å². The van der Waals surface area contributed by atoms with E-state index < -0.39 is 5.60 Å². The van der Waals surface area contributed by atoms with Crippen LogP contribution < -0.4 is 5.32 Å². The number of nitrogens with zero attached hydrogens (tertiary/aromatic N) is 1. The Balaban J connectivity index is 2.57. The lowest BCUT2D eigenvalue weighted by atomic mass is 10.2. The second-order valence-electron chi connectivity index (χ2n) is 4.75. The first-order valence-electron chi connectivity index (χ1n) is 5.47. The van der Waals surface area contributed by atoms with E-state index in [1.807, 2.05) is 26.8 Å². The molecule has 96 valence electrons. The predicted molar refractivity (Wildman–Crippen MR) is 70.5 cm³/mol. The minimum Gasteiger partial charge on any atom is -0.459 e. The van der Waals surface area contributed by atoms with Crippen molar-refractivity contribution in [2.24, 2.45) is 0 Å². The number of halogens is 1. The Bertz CT molecular complexity index is 487. The Hall–Kier alpha value is -1.73. The summed E-state index contributed by atoms with van der Waals surface area (Å²) in [6, 6.07) is 6.85. The number of hydrogen-bond donors (Lipinski definition) is 1. The molecule has 4 nitrogen and oxygen atoms in total. The first-order valence-corrected chi connectivity index (χ1v) is 5.85. The maximum Gasteiger partial charge on any atom is 0.325 e. The van der Waals surface area contributed by atoms with Gasteiger partial charge in [-0.1, -0.05) is 11.6 Å². The summed E-state index contributed by atoms with van der Waals surface area (Å²) in [5.41, 5.74) is 0.575. The molecule has 0 aromatic heterocycles. The average molecular weight is 267 g/mol. The third-order valence-corrected chi connectivity index (χ3v) is 2.26. The van der Waals surface area contributed by atoms with E-state index in [4.69, 9.17) is 21.6 Å². The van der Waals surface area contributed by atoms with Gasteiger partial charge in [0.05, 0.1) is 10.6 Å². The van der Waals surface area contributed by atoms with Gasteiger partial charge in [0.2, 0.25) is 0 Å². The van der Waals surface area contributed by atoms with Crippen molar-refractivity contribution in [1.29, 1.82) is 5.26 Å². The van der Waals surface area contributed by atoms with Crippen molar-refractivity contribution in [2.45, 2.75) is 26.4 Å². The van der Waals surface area contributed by atoms with Crippen molar-refractivity contribution in [3.05, 3.63) is 28.8 Å². The number of nitriles is 1. The van der Waals surface area contributed by atoms with Gasteiger partial charge < -0.3 is 10.1 Å². The fraction of sp³-hybridized carbons (Fsp3) is 0.385. The molecule has 18 heavy (non-hydrogen) atoms. The molecule has 0 aliphatic rings. The third kappa shape index (κ3) is 4.64. The van der Waals surface area contributed by atoms with E-state index in [2.05, 4.69) is 5.32 Å². The van der Waals surface area contributed by atoms with E-state index in [1.165, 1.54) is 0 Å². The van der Waals surface area contributed by atoms with Crippen molar-refractivity contribution in [2.75, 3.05) is 11.9 Å². The second-order valence-corrected chi connectivity index (χ2v) is 5.15. The van der Waals surface area contributed by atoms with Gasteiger partial charge in [0.25, 0.3) is 0 Å². The van der Waals surface area contributed by atoms with Gasteiger partial charge in [0.15, 0.2) is 0 Å². The van der Waals surface area contributed by atoms with E-state index in [0.29, 0.717) is 16.3 Å². The quantitative estimate of drug-likeness (QED) is 0.855. The summed E-state index contributed by atoms with van der Waals surface area (Å²) in [6.07, 6.45) is 0. The highest BCUT2D eigenvalue weighted by Crippen LogP contribution is 2.20. The number of rotatable bonds is 3.